The first-order valence-electron chi connectivity index (χ1n) is 11.8. The lowest BCUT2D eigenvalue weighted by atomic mass is 9.93. The van der Waals surface area contributed by atoms with E-state index in [9.17, 15) is 13.6 Å². The summed E-state index contributed by atoms with van der Waals surface area (Å²) in [4.78, 5) is 17.3. The Balaban J connectivity index is 0.00000361. The summed E-state index contributed by atoms with van der Waals surface area (Å²) in [5.74, 6) is 0.0798. The van der Waals surface area contributed by atoms with Crippen molar-refractivity contribution in [3.05, 3.63) is 95.6 Å². The van der Waals surface area contributed by atoms with Crippen LogP contribution in [0.3, 0.4) is 0 Å². The zero-order valence-electron chi connectivity index (χ0n) is 20.7. The van der Waals surface area contributed by atoms with Crippen molar-refractivity contribution in [2.24, 2.45) is 0 Å². The second-order valence-electron chi connectivity index (χ2n) is 9.11. The zero-order valence-corrected chi connectivity index (χ0v) is 21.5. The highest BCUT2D eigenvalue weighted by molar-refractivity contribution is 5.92. The Morgan fingerprint density at radius 2 is 1.42 bits per heavy atom. The smallest absolute Gasteiger partial charge is 0.238 e. The molecule has 1 fully saturated rings. The van der Waals surface area contributed by atoms with E-state index < -0.39 is 0 Å². The number of hydrogen-bond donors (Lipinski definition) is 1. The van der Waals surface area contributed by atoms with Gasteiger partial charge in [-0.25, -0.2) is 8.78 Å². The number of nitrogens with zero attached hydrogens (tertiary/aromatic N) is 2. The van der Waals surface area contributed by atoms with Gasteiger partial charge in [-0.05, 0) is 73.5 Å². The SMILES string of the molecule is COc1ccc(NC(=O)CN2C[C@H](C)N(C(c3ccc(F)cc3)c3ccc(F)cc3)C[C@H]2C)cc1.Cl. The topological polar surface area (TPSA) is 44.8 Å². The van der Waals surface area contributed by atoms with Gasteiger partial charge in [0.25, 0.3) is 0 Å². The molecule has 0 saturated carbocycles. The molecule has 0 radical (unpaired) electrons. The number of piperazine rings is 1. The molecule has 0 aliphatic carbocycles. The van der Waals surface area contributed by atoms with E-state index in [1.165, 1.54) is 24.3 Å². The number of rotatable bonds is 7. The van der Waals surface area contributed by atoms with Crippen LogP contribution in [0.5, 0.6) is 5.75 Å². The molecule has 1 amide bonds. The van der Waals surface area contributed by atoms with Gasteiger partial charge in [0.05, 0.1) is 19.7 Å². The Morgan fingerprint density at radius 1 is 0.889 bits per heavy atom. The van der Waals surface area contributed by atoms with E-state index >= 15 is 0 Å². The summed E-state index contributed by atoms with van der Waals surface area (Å²) >= 11 is 0. The molecule has 192 valence electrons. The fourth-order valence-electron chi connectivity index (χ4n) is 4.73. The van der Waals surface area contributed by atoms with E-state index in [0.717, 1.165) is 22.6 Å². The Kier molecular flexibility index (Phi) is 9.43. The third-order valence-corrected chi connectivity index (χ3v) is 6.59. The highest BCUT2D eigenvalue weighted by Crippen LogP contribution is 2.33. The molecule has 36 heavy (non-hydrogen) atoms. The molecule has 1 aliphatic rings. The van der Waals surface area contributed by atoms with Gasteiger partial charge >= 0.3 is 0 Å². The largest absolute Gasteiger partial charge is 0.497 e. The van der Waals surface area contributed by atoms with Crippen LogP contribution in [0.15, 0.2) is 72.8 Å². The summed E-state index contributed by atoms with van der Waals surface area (Å²) in [6.07, 6.45) is 0. The van der Waals surface area contributed by atoms with Gasteiger partial charge in [0.1, 0.15) is 17.4 Å². The monoisotopic (exact) mass is 515 g/mol. The van der Waals surface area contributed by atoms with Gasteiger partial charge in [-0.1, -0.05) is 24.3 Å². The number of methoxy groups -OCH3 is 1. The molecular weight excluding hydrogens is 484 g/mol. The normalized spacial score (nSPS) is 18.5. The van der Waals surface area contributed by atoms with Crippen molar-refractivity contribution < 1.29 is 18.3 Å². The summed E-state index contributed by atoms with van der Waals surface area (Å²) in [6, 6.07) is 20.3. The predicted octanol–water partition coefficient (Wildman–Crippen LogP) is 5.52. The maximum Gasteiger partial charge on any atom is 0.238 e. The van der Waals surface area contributed by atoms with Gasteiger partial charge in [-0.3, -0.25) is 14.6 Å². The second-order valence-corrected chi connectivity index (χ2v) is 9.11. The molecule has 1 heterocycles. The third-order valence-electron chi connectivity index (χ3n) is 6.59. The molecule has 0 bridgehead atoms. The van der Waals surface area contributed by atoms with E-state index in [-0.39, 0.29) is 54.6 Å². The lowest BCUT2D eigenvalue weighted by Crippen LogP contribution is -2.58. The minimum atomic E-state index is -0.291. The summed E-state index contributed by atoms with van der Waals surface area (Å²) in [7, 11) is 1.60. The molecule has 4 rings (SSSR count). The first-order chi connectivity index (χ1) is 16.8. The molecule has 3 aromatic carbocycles. The maximum atomic E-state index is 13.6. The van der Waals surface area contributed by atoms with Gasteiger partial charge in [0.2, 0.25) is 5.91 Å². The fourth-order valence-corrected chi connectivity index (χ4v) is 4.73. The second kappa shape index (κ2) is 12.3. The molecule has 2 atom stereocenters. The van der Waals surface area contributed by atoms with Crippen LogP contribution in [0, 0.1) is 11.6 Å². The molecule has 3 aromatic rings. The van der Waals surface area contributed by atoms with E-state index in [0.29, 0.717) is 13.1 Å². The molecule has 1 aliphatic heterocycles. The van der Waals surface area contributed by atoms with E-state index in [2.05, 4.69) is 29.0 Å². The molecule has 0 spiro atoms. The van der Waals surface area contributed by atoms with Gasteiger partial charge in [-0.2, -0.15) is 0 Å². The van der Waals surface area contributed by atoms with E-state index in [1.54, 1.807) is 31.4 Å². The minimum Gasteiger partial charge on any atom is -0.497 e. The van der Waals surface area contributed by atoms with Gasteiger partial charge in [0.15, 0.2) is 0 Å². The Labute approximate surface area is 217 Å². The lowest BCUT2D eigenvalue weighted by molar-refractivity contribution is -0.119. The summed E-state index contributed by atoms with van der Waals surface area (Å²) in [6.45, 7) is 5.90. The van der Waals surface area contributed by atoms with Crippen LogP contribution in [-0.2, 0) is 4.79 Å². The minimum absolute atomic E-state index is 0. The van der Waals surface area contributed by atoms with Gasteiger partial charge in [-0.15, -0.1) is 12.4 Å². The molecule has 1 saturated heterocycles. The van der Waals surface area contributed by atoms with Crippen LogP contribution >= 0.6 is 12.4 Å². The number of halogens is 3. The van der Waals surface area contributed by atoms with Gasteiger partial charge < -0.3 is 10.1 Å². The molecule has 1 N–H and O–H groups in total. The van der Waals surface area contributed by atoms with Crippen molar-refractivity contribution in [2.45, 2.75) is 32.0 Å². The highest BCUT2D eigenvalue weighted by Gasteiger charge is 2.35. The average molecular weight is 516 g/mol. The van der Waals surface area contributed by atoms with Crippen LogP contribution in [-0.4, -0.2) is 54.5 Å². The van der Waals surface area contributed by atoms with Crippen molar-refractivity contribution in [2.75, 3.05) is 32.1 Å². The number of carbonyl (C=O) groups excluding carboxylic acids is 1. The van der Waals surface area contributed by atoms with E-state index in [1.807, 2.05) is 24.3 Å². The van der Waals surface area contributed by atoms with E-state index in [4.69, 9.17) is 4.74 Å². The molecule has 8 heteroatoms. The van der Waals surface area contributed by atoms with Crippen molar-refractivity contribution in [1.82, 2.24) is 9.80 Å². The number of nitrogens with one attached hydrogen (secondary N) is 1. The maximum absolute atomic E-state index is 13.6. The van der Waals surface area contributed by atoms with Crippen LogP contribution in [0.25, 0.3) is 0 Å². The fraction of sp³-hybridized carbons (Fsp3) is 0.321. The number of ether oxygens (including phenoxy) is 1. The first kappa shape index (κ1) is 27.6. The summed E-state index contributed by atoms with van der Waals surface area (Å²) < 4.78 is 32.4. The zero-order chi connectivity index (χ0) is 24.9. The number of carbonyl (C=O) groups is 1. The van der Waals surface area contributed by atoms with Crippen LogP contribution in [0.1, 0.15) is 31.0 Å². The van der Waals surface area contributed by atoms with Crippen molar-refractivity contribution in [1.29, 1.82) is 0 Å². The molecular formula is C28H32ClF2N3O2. The standard InChI is InChI=1S/C28H31F2N3O2.ClH/c1-19-17-33(28(21-4-8-23(29)9-5-21)22-6-10-24(30)11-7-22)20(2)16-32(19)18-27(34)31-25-12-14-26(35-3)15-13-25;/h4-15,19-20,28H,16-18H2,1-3H3,(H,31,34);1H/t19-,20+;/m1./s1. The Morgan fingerprint density at radius 3 is 1.92 bits per heavy atom. The first-order valence-corrected chi connectivity index (χ1v) is 11.8. The lowest BCUT2D eigenvalue weighted by Gasteiger charge is -2.47. The van der Waals surface area contributed by atoms with Crippen molar-refractivity contribution in [3.8, 4) is 5.75 Å². The Bertz CT molecular complexity index is 1080. The summed E-state index contributed by atoms with van der Waals surface area (Å²) in [5.41, 5.74) is 2.62. The highest BCUT2D eigenvalue weighted by atomic mass is 35.5. The van der Waals surface area contributed by atoms with Crippen LogP contribution < -0.4 is 10.1 Å². The average Bonchev–Trinajstić information content (AvgIpc) is 2.85. The molecule has 5 nitrogen and oxygen atoms in total. The third kappa shape index (κ3) is 6.60. The Hall–Kier alpha value is -3.00. The van der Waals surface area contributed by atoms with Crippen molar-refractivity contribution in [3.63, 3.8) is 0 Å². The van der Waals surface area contributed by atoms with Crippen molar-refractivity contribution >= 4 is 24.0 Å². The molecule has 0 aromatic heterocycles. The quantitative estimate of drug-likeness (QED) is 0.450. The number of anilines is 1. The number of hydrogen-bond acceptors (Lipinski definition) is 4. The van der Waals surface area contributed by atoms with Crippen LogP contribution in [0.4, 0.5) is 14.5 Å². The predicted molar refractivity (Wildman–Crippen MR) is 141 cm³/mol. The number of benzene rings is 3. The van der Waals surface area contributed by atoms with Gasteiger partial charge in [0, 0.05) is 30.9 Å². The van der Waals surface area contributed by atoms with Crippen LogP contribution in [0.2, 0.25) is 0 Å². The molecule has 0 unspecified atom stereocenters. The number of amides is 1. The summed E-state index contributed by atoms with van der Waals surface area (Å²) in [5, 5.41) is 2.95.